The molecule has 1 saturated carbocycles. The van der Waals surface area contributed by atoms with Crippen LogP contribution in [0.15, 0.2) is 35.6 Å². The molecule has 1 aromatic heterocycles. The highest BCUT2D eigenvalue weighted by Gasteiger charge is 2.36. The second-order valence-electron chi connectivity index (χ2n) is 7.77. The average molecular weight is 378 g/mol. The van der Waals surface area contributed by atoms with Gasteiger partial charge in [0.05, 0.1) is 12.0 Å². The molecule has 2 aromatic rings. The first-order chi connectivity index (χ1) is 12.3. The Morgan fingerprint density at radius 1 is 1.38 bits per heavy atom. The van der Waals surface area contributed by atoms with Crippen LogP contribution in [0.4, 0.5) is 10.1 Å². The van der Waals surface area contributed by atoms with E-state index in [4.69, 9.17) is 0 Å². The molecule has 0 aliphatic heterocycles. The van der Waals surface area contributed by atoms with Crippen molar-refractivity contribution < 1.29 is 8.60 Å². The van der Waals surface area contributed by atoms with E-state index in [-0.39, 0.29) is 5.41 Å². The van der Waals surface area contributed by atoms with Crippen LogP contribution in [0.1, 0.15) is 39.5 Å². The van der Waals surface area contributed by atoms with E-state index in [9.17, 15) is 8.60 Å². The second-order valence-corrected chi connectivity index (χ2v) is 9.15. The fourth-order valence-electron chi connectivity index (χ4n) is 3.63. The van der Waals surface area contributed by atoms with Crippen molar-refractivity contribution in [1.29, 1.82) is 0 Å². The molecular weight excluding hydrogens is 349 g/mol. The Morgan fingerprint density at radius 3 is 2.62 bits per heavy atom. The van der Waals surface area contributed by atoms with E-state index in [2.05, 4.69) is 17.2 Å². The number of anilines is 1. The minimum absolute atomic E-state index is 0.203. The molecule has 4 nitrogen and oxygen atoms in total. The van der Waals surface area contributed by atoms with Crippen molar-refractivity contribution in [2.75, 3.05) is 11.6 Å². The normalized spacial score (nSPS) is 25.7. The van der Waals surface area contributed by atoms with E-state index in [1.54, 1.807) is 19.5 Å². The summed E-state index contributed by atoms with van der Waals surface area (Å²) in [7, 11) is 0.895. The fraction of sp³-hybridized carbons (Fsp3) is 0.550. The van der Waals surface area contributed by atoms with Crippen molar-refractivity contribution in [1.82, 2.24) is 9.55 Å². The van der Waals surface area contributed by atoms with Gasteiger partial charge in [-0.1, -0.05) is 6.92 Å². The Morgan fingerprint density at radius 2 is 2.08 bits per heavy atom. The topological polar surface area (TPSA) is 46.9 Å². The first kappa shape index (κ1) is 19.1. The van der Waals surface area contributed by atoms with Gasteiger partial charge in [0.1, 0.15) is 6.17 Å². The van der Waals surface area contributed by atoms with Gasteiger partial charge >= 0.3 is 0 Å². The molecule has 2 unspecified atom stereocenters. The van der Waals surface area contributed by atoms with E-state index < -0.39 is 17.0 Å². The molecule has 142 valence electrons. The third kappa shape index (κ3) is 4.00. The Kier molecular flexibility index (Phi) is 5.51. The lowest BCUT2D eigenvalue weighted by molar-refractivity contribution is 0.0878. The van der Waals surface area contributed by atoms with E-state index in [0.717, 1.165) is 47.5 Å². The van der Waals surface area contributed by atoms with Crippen LogP contribution >= 0.6 is 0 Å². The summed E-state index contributed by atoms with van der Waals surface area (Å²) in [5.41, 5.74) is 2.62. The molecule has 1 N–H and O–H groups in total. The maximum atomic E-state index is 13.9. The fourth-order valence-corrected chi connectivity index (χ4v) is 4.17. The van der Waals surface area contributed by atoms with Crippen LogP contribution in [-0.2, 0) is 17.8 Å². The molecule has 0 amide bonds. The van der Waals surface area contributed by atoms with Crippen molar-refractivity contribution in [3.63, 3.8) is 0 Å². The molecule has 1 aromatic carbocycles. The molecular formula is C20H28FN3OS. The van der Waals surface area contributed by atoms with E-state index in [0.29, 0.717) is 6.04 Å². The van der Waals surface area contributed by atoms with Gasteiger partial charge < -0.3 is 9.88 Å². The van der Waals surface area contributed by atoms with E-state index in [1.165, 1.54) is 0 Å². The number of imidazole rings is 1. The summed E-state index contributed by atoms with van der Waals surface area (Å²) >= 11 is 0. The van der Waals surface area contributed by atoms with Gasteiger partial charge in [-0.3, -0.25) is 4.21 Å². The van der Waals surface area contributed by atoms with Gasteiger partial charge in [-0.25, -0.2) is 9.37 Å². The van der Waals surface area contributed by atoms with Gasteiger partial charge in [0.25, 0.3) is 0 Å². The zero-order valence-electron chi connectivity index (χ0n) is 16.0. The van der Waals surface area contributed by atoms with E-state index >= 15 is 0 Å². The summed E-state index contributed by atoms with van der Waals surface area (Å²) in [5, 5.41) is 3.63. The smallest absolute Gasteiger partial charge is 0.103 e. The molecule has 1 aliphatic carbocycles. The third-order valence-electron chi connectivity index (χ3n) is 5.75. The summed E-state index contributed by atoms with van der Waals surface area (Å²) in [6, 6.07) is 6.17. The van der Waals surface area contributed by atoms with Gasteiger partial charge in [-0.15, -0.1) is 0 Å². The highest BCUT2D eigenvalue weighted by Crippen LogP contribution is 2.41. The molecule has 6 heteroatoms. The monoisotopic (exact) mass is 377 g/mol. The number of nitrogens with one attached hydrogen (secondary N) is 1. The Bertz CT molecular complexity index is 794. The van der Waals surface area contributed by atoms with Crippen LogP contribution in [-0.4, -0.2) is 32.2 Å². The lowest BCUT2D eigenvalue weighted by Crippen LogP contribution is -2.36. The van der Waals surface area contributed by atoms with Gasteiger partial charge in [0.2, 0.25) is 0 Å². The number of halogens is 1. The molecule has 0 spiro atoms. The van der Waals surface area contributed by atoms with Crippen LogP contribution in [0.5, 0.6) is 0 Å². The predicted molar refractivity (Wildman–Crippen MR) is 106 cm³/mol. The van der Waals surface area contributed by atoms with Gasteiger partial charge in [-0.05, 0) is 56.2 Å². The summed E-state index contributed by atoms with van der Waals surface area (Å²) in [5.74, 6) is 0. The Labute approximate surface area is 157 Å². The van der Waals surface area contributed by atoms with Crippen molar-refractivity contribution in [3.8, 4) is 11.3 Å². The molecule has 26 heavy (non-hydrogen) atoms. The number of rotatable bonds is 5. The van der Waals surface area contributed by atoms with Crippen molar-refractivity contribution >= 4 is 16.5 Å². The Balaban J connectivity index is 1.83. The molecule has 0 radical (unpaired) electrons. The standard InChI is InChI=1S/C20H28FN3OS/c1-14(21)20(2)9-7-15(8-10-20)23-18-6-5-16(26(4)25)11-17(18)19-12-24(3)13-22-19/h5-6,11-15,23H,7-10H2,1-4H3. The van der Waals surface area contributed by atoms with Gasteiger partial charge in [0, 0.05) is 52.5 Å². The number of alkyl halides is 1. The maximum absolute atomic E-state index is 13.9. The SMILES string of the molecule is CC(F)C1(C)CCC(Nc2ccc(S(C)=O)cc2-c2cn(C)cn2)CC1. The highest BCUT2D eigenvalue weighted by atomic mass is 32.2. The lowest BCUT2D eigenvalue weighted by atomic mass is 9.71. The zero-order valence-corrected chi connectivity index (χ0v) is 16.8. The molecule has 1 fully saturated rings. The van der Waals surface area contributed by atoms with Gasteiger partial charge in [-0.2, -0.15) is 0 Å². The third-order valence-corrected chi connectivity index (χ3v) is 6.67. The van der Waals surface area contributed by atoms with E-state index in [1.807, 2.05) is 36.0 Å². The predicted octanol–water partition coefficient (Wildman–Crippen LogP) is 4.54. The summed E-state index contributed by atoms with van der Waals surface area (Å²) < 4.78 is 27.7. The number of hydrogen-bond acceptors (Lipinski definition) is 3. The first-order valence-corrected chi connectivity index (χ1v) is 10.7. The van der Waals surface area contributed by atoms with Crippen molar-refractivity contribution in [3.05, 3.63) is 30.7 Å². The average Bonchev–Trinajstić information content (AvgIpc) is 3.03. The number of aryl methyl sites for hydroxylation is 1. The first-order valence-electron chi connectivity index (χ1n) is 9.15. The summed E-state index contributed by atoms with van der Waals surface area (Å²) in [4.78, 5) is 5.25. The molecule has 1 heterocycles. The van der Waals surface area contributed by atoms with Crippen molar-refractivity contribution in [2.24, 2.45) is 12.5 Å². The molecule has 3 rings (SSSR count). The largest absolute Gasteiger partial charge is 0.382 e. The van der Waals surface area contributed by atoms with Crippen LogP contribution in [0.2, 0.25) is 0 Å². The van der Waals surface area contributed by atoms with Crippen LogP contribution < -0.4 is 5.32 Å². The van der Waals surface area contributed by atoms with Gasteiger partial charge in [0.15, 0.2) is 0 Å². The van der Waals surface area contributed by atoms with Crippen molar-refractivity contribution in [2.45, 2.75) is 56.6 Å². The zero-order chi connectivity index (χ0) is 18.9. The van der Waals surface area contributed by atoms with Crippen LogP contribution in [0.3, 0.4) is 0 Å². The lowest BCUT2D eigenvalue weighted by Gasteiger charge is -2.39. The summed E-state index contributed by atoms with van der Waals surface area (Å²) in [6.45, 7) is 3.73. The number of nitrogens with zero attached hydrogens (tertiary/aromatic N) is 2. The highest BCUT2D eigenvalue weighted by molar-refractivity contribution is 7.84. The minimum atomic E-state index is -1.04. The minimum Gasteiger partial charge on any atom is -0.382 e. The number of aromatic nitrogens is 2. The second kappa shape index (κ2) is 7.51. The molecule has 1 aliphatic rings. The van der Waals surface area contributed by atoms with Crippen LogP contribution in [0.25, 0.3) is 11.3 Å². The van der Waals surface area contributed by atoms with Crippen LogP contribution in [0, 0.1) is 5.41 Å². The number of hydrogen-bond donors (Lipinski definition) is 1. The molecule has 0 bridgehead atoms. The Hall–Kier alpha value is -1.69. The molecule has 0 saturated heterocycles. The quantitative estimate of drug-likeness (QED) is 0.832. The molecule has 2 atom stereocenters. The maximum Gasteiger partial charge on any atom is 0.103 e. The summed E-state index contributed by atoms with van der Waals surface area (Å²) in [6.07, 6.45) is 8.32. The number of benzene rings is 1.